The van der Waals surface area contributed by atoms with Gasteiger partial charge in [-0.05, 0) is 23.8 Å². The van der Waals surface area contributed by atoms with E-state index < -0.39 is 0 Å². The lowest BCUT2D eigenvalue weighted by atomic mass is 10.2. The molecule has 0 bridgehead atoms. The van der Waals surface area contributed by atoms with Gasteiger partial charge in [-0.1, -0.05) is 35.3 Å². The molecule has 82 valence electrons. The molecular weight excluding hydrogens is 245 g/mol. The molecule has 0 unspecified atom stereocenters. The molecule has 4 heteroatoms. The van der Waals surface area contributed by atoms with E-state index in [2.05, 4.69) is 4.98 Å². The van der Waals surface area contributed by atoms with Crippen LogP contribution in [-0.2, 0) is 6.61 Å². The van der Waals surface area contributed by atoms with Crippen molar-refractivity contribution in [1.29, 1.82) is 0 Å². The van der Waals surface area contributed by atoms with E-state index in [0.717, 1.165) is 5.56 Å². The predicted octanol–water partition coefficient (Wildman–Crippen LogP) is 3.97. The van der Waals surface area contributed by atoms with Gasteiger partial charge in [0.15, 0.2) is 0 Å². The summed E-state index contributed by atoms with van der Waals surface area (Å²) in [6, 6.07) is 10.9. The van der Waals surface area contributed by atoms with Crippen LogP contribution in [0.5, 0.6) is 5.88 Å². The fourth-order valence-corrected chi connectivity index (χ4v) is 1.48. The van der Waals surface area contributed by atoms with Crippen LogP contribution in [0, 0.1) is 0 Å². The first-order chi connectivity index (χ1) is 7.74. The van der Waals surface area contributed by atoms with Gasteiger partial charge in [0.1, 0.15) is 6.61 Å². The maximum absolute atomic E-state index is 5.81. The Kier molecular flexibility index (Phi) is 3.65. The summed E-state index contributed by atoms with van der Waals surface area (Å²) >= 11 is 11.6. The largest absolute Gasteiger partial charge is 0.473 e. The molecule has 2 nitrogen and oxygen atoms in total. The molecule has 0 amide bonds. The zero-order valence-electron chi connectivity index (χ0n) is 8.36. The molecule has 1 aromatic heterocycles. The van der Waals surface area contributed by atoms with Crippen molar-refractivity contribution in [2.75, 3.05) is 0 Å². The van der Waals surface area contributed by atoms with E-state index in [0.29, 0.717) is 22.5 Å². The minimum absolute atomic E-state index is 0.449. The van der Waals surface area contributed by atoms with Crippen LogP contribution in [-0.4, -0.2) is 4.98 Å². The van der Waals surface area contributed by atoms with E-state index >= 15 is 0 Å². The van der Waals surface area contributed by atoms with Crippen molar-refractivity contribution in [3.63, 3.8) is 0 Å². The van der Waals surface area contributed by atoms with E-state index in [1.165, 1.54) is 0 Å². The lowest BCUT2D eigenvalue weighted by Crippen LogP contribution is -1.96. The van der Waals surface area contributed by atoms with Gasteiger partial charge >= 0.3 is 0 Å². The topological polar surface area (TPSA) is 22.1 Å². The first kappa shape index (κ1) is 11.2. The molecular formula is C12H9Cl2NO. The van der Waals surface area contributed by atoms with E-state index in [9.17, 15) is 0 Å². The van der Waals surface area contributed by atoms with E-state index in [-0.39, 0.29) is 0 Å². The molecule has 0 saturated heterocycles. The molecule has 0 fully saturated rings. The smallest absolute Gasteiger partial charge is 0.215 e. The first-order valence-electron chi connectivity index (χ1n) is 4.73. The van der Waals surface area contributed by atoms with Gasteiger partial charge in [-0.25, -0.2) is 4.98 Å². The average Bonchev–Trinajstić information content (AvgIpc) is 2.28. The van der Waals surface area contributed by atoms with E-state index in [1.54, 1.807) is 18.3 Å². The zero-order valence-corrected chi connectivity index (χ0v) is 9.87. The summed E-state index contributed by atoms with van der Waals surface area (Å²) in [5.74, 6) is 0.516. The maximum atomic E-state index is 5.81. The lowest BCUT2D eigenvalue weighted by molar-refractivity contribution is 0.294. The second-order valence-electron chi connectivity index (χ2n) is 3.23. The number of rotatable bonds is 3. The number of halogens is 2. The molecule has 2 rings (SSSR count). The van der Waals surface area contributed by atoms with Crippen LogP contribution in [0.25, 0.3) is 0 Å². The molecule has 1 aromatic carbocycles. The van der Waals surface area contributed by atoms with Crippen LogP contribution in [0.2, 0.25) is 10.0 Å². The average molecular weight is 254 g/mol. The lowest BCUT2D eigenvalue weighted by Gasteiger charge is -2.05. The van der Waals surface area contributed by atoms with Crippen LogP contribution < -0.4 is 4.74 Å². The fourth-order valence-electron chi connectivity index (χ4n) is 1.20. The minimum atomic E-state index is 0.449. The molecule has 0 spiro atoms. The molecule has 0 aliphatic carbocycles. The molecule has 0 N–H and O–H groups in total. The molecule has 0 aliphatic rings. The standard InChI is InChI=1S/C12H9Cl2NO/c13-10-3-1-9(2-4-10)8-16-12-7-11(14)5-6-15-12/h1-7H,8H2. The predicted molar refractivity (Wildman–Crippen MR) is 65.0 cm³/mol. The number of hydrogen-bond donors (Lipinski definition) is 0. The normalized spacial score (nSPS) is 10.1. The van der Waals surface area contributed by atoms with Crippen molar-refractivity contribution in [1.82, 2.24) is 4.98 Å². The summed E-state index contributed by atoms with van der Waals surface area (Å²) in [7, 11) is 0. The Balaban J connectivity index is 1.99. The van der Waals surface area contributed by atoms with Gasteiger partial charge in [0, 0.05) is 22.3 Å². The Morgan fingerprint density at radius 3 is 2.44 bits per heavy atom. The maximum Gasteiger partial charge on any atom is 0.215 e. The fraction of sp³-hybridized carbons (Fsp3) is 0.0833. The zero-order chi connectivity index (χ0) is 11.4. The van der Waals surface area contributed by atoms with Crippen LogP contribution in [0.4, 0.5) is 0 Å². The van der Waals surface area contributed by atoms with E-state index in [1.807, 2.05) is 24.3 Å². The SMILES string of the molecule is Clc1ccc(COc2cc(Cl)ccn2)cc1. The Bertz CT molecular complexity index is 471. The van der Waals surface area contributed by atoms with Crippen molar-refractivity contribution in [3.8, 4) is 5.88 Å². The van der Waals surface area contributed by atoms with Gasteiger partial charge in [0.05, 0.1) is 0 Å². The molecule has 0 saturated carbocycles. The van der Waals surface area contributed by atoms with Gasteiger partial charge in [0.25, 0.3) is 0 Å². The first-order valence-corrected chi connectivity index (χ1v) is 5.48. The molecule has 16 heavy (non-hydrogen) atoms. The number of hydrogen-bond acceptors (Lipinski definition) is 2. The summed E-state index contributed by atoms with van der Waals surface area (Å²) in [5, 5.41) is 1.32. The van der Waals surface area contributed by atoms with Crippen molar-refractivity contribution in [2.45, 2.75) is 6.61 Å². The third-order valence-electron chi connectivity index (χ3n) is 2.00. The van der Waals surface area contributed by atoms with Crippen molar-refractivity contribution in [2.24, 2.45) is 0 Å². The Morgan fingerprint density at radius 2 is 1.75 bits per heavy atom. The van der Waals surface area contributed by atoms with Gasteiger partial charge in [-0.2, -0.15) is 0 Å². The molecule has 0 aliphatic heterocycles. The number of nitrogens with zero attached hydrogens (tertiary/aromatic N) is 1. The summed E-state index contributed by atoms with van der Waals surface area (Å²) in [6.45, 7) is 0.449. The van der Waals surface area contributed by atoms with Gasteiger partial charge in [-0.3, -0.25) is 0 Å². The summed E-state index contributed by atoms with van der Waals surface area (Å²) in [6.07, 6.45) is 1.61. The van der Waals surface area contributed by atoms with Crippen LogP contribution >= 0.6 is 23.2 Å². The Morgan fingerprint density at radius 1 is 1.00 bits per heavy atom. The molecule has 0 atom stereocenters. The Labute approximate surface area is 104 Å². The van der Waals surface area contributed by atoms with E-state index in [4.69, 9.17) is 27.9 Å². The summed E-state index contributed by atoms with van der Waals surface area (Å²) in [5.41, 5.74) is 1.03. The third kappa shape index (κ3) is 3.12. The number of pyridine rings is 1. The number of ether oxygens (including phenoxy) is 1. The molecule has 1 heterocycles. The van der Waals surface area contributed by atoms with Crippen molar-refractivity contribution >= 4 is 23.2 Å². The highest BCUT2D eigenvalue weighted by molar-refractivity contribution is 6.30. The summed E-state index contributed by atoms with van der Waals surface area (Å²) < 4.78 is 5.47. The van der Waals surface area contributed by atoms with Gasteiger partial charge in [0.2, 0.25) is 5.88 Å². The highest BCUT2D eigenvalue weighted by Crippen LogP contribution is 2.16. The van der Waals surface area contributed by atoms with Crippen LogP contribution in [0.15, 0.2) is 42.6 Å². The second-order valence-corrected chi connectivity index (χ2v) is 4.10. The third-order valence-corrected chi connectivity index (χ3v) is 2.48. The van der Waals surface area contributed by atoms with Gasteiger partial charge in [-0.15, -0.1) is 0 Å². The second kappa shape index (κ2) is 5.19. The highest BCUT2D eigenvalue weighted by Gasteiger charge is 1.98. The van der Waals surface area contributed by atoms with Crippen molar-refractivity contribution in [3.05, 3.63) is 58.2 Å². The Hall–Kier alpha value is -1.25. The number of aromatic nitrogens is 1. The van der Waals surface area contributed by atoms with Crippen LogP contribution in [0.3, 0.4) is 0 Å². The minimum Gasteiger partial charge on any atom is -0.473 e. The monoisotopic (exact) mass is 253 g/mol. The summed E-state index contributed by atoms with van der Waals surface area (Å²) in [4.78, 5) is 4.04. The van der Waals surface area contributed by atoms with Crippen LogP contribution in [0.1, 0.15) is 5.56 Å². The molecule has 2 aromatic rings. The van der Waals surface area contributed by atoms with Gasteiger partial charge < -0.3 is 4.74 Å². The molecule has 0 radical (unpaired) electrons. The number of benzene rings is 1. The highest BCUT2D eigenvalue weighted by atomic mass is 35.5. The van der Waals surface area contributed by atoms with Crippen molar-refractivity contribution < 1.29 is 4.74 Å². The quantitative estimate of drug-likeness (QED) is 0.826.